The molecule has 5 atom stereocenters. The maximum Gasteiger partial charge on any atom is 0.333 e. The Morgan fingerprint density at radius 1 is 0.805 bits per heavy atom. The van der Waals surface area contributed by atoms with Crippen molar-refractivity contribution in [1.82, 2.24) is 46.1 Å². The highest BCUT2D eigenvalue weighted by molar-refractivity contribution is 6.01. The van der Waals surface area contributed by atoms with Gasteiger partial charge in [0.15, 0.2) is 0 Å². The second kappa shape index (κ2) is 27.4. The quantitative estimate of drug-likeness (QED) is 0.0349. The Labute approximate surface area is 442 Å². The number of aromatic nitrogens is 2. The number of amides is 9. The molecule has 2 aromatic carbocycles. The molecule has 1 aliphatic rings. The molecule has 24 heteroatoms. The van der Waals surface area contributed by atoms with Crippen LogP contribution in [0.5, 0.6) is 0 Å². The van der Waals surface area contributed by atoms with Crippen LogP contribution < -0.4 is 32.3 Å². The molecule has 77 heavy (non-hydrogen) atoms. The first-order valence-corrected chi connectivity index (χ1v) is 24.8. The van der Waals surface area contributed by atoms with Crippen LogP contribution in [0.3, 0.4) is 0 Å². The lowest BCUT2D eigenvalue weighted by Crippen LogP contribution is -2.58. The van der Waals surface area contributed by atoms with Crippen molar-refractivity contribution in [1.29, 1.82) is 0 Å². The fraction of sp³-hybridized carbons (Fsp3) is 0.415. The summed E-state index contributed by atoms with van der Waals surface area (Å²) >= 11 is 0. The molecule has 2 aromatic heterocycles. The molecule has 412 valence electrons. The van der Waals surface area contributed by atoms with Gasteiger partial charge in [0, 0.05) is 74.3 Å². The number of aliphatic hydroxyl groups is 1. The lowest BCUT2D eigenvalue weighted by atomic mass is 9.82. The van der Waals surface area contributed by atoms with Gasteiger partial charge in [0.05, 0.1) is 18.9 Å². The lowest BCUT2D eigenvalue weighted by molar-refractivity contribution is -0.197. The van der Waals surface area contributed by atoms with E-state index < -0.39 is 126 Å². The maximum atomic E-state index is 15.4. The minimum absolute atomic E-state index is 0.0595. The summed E-state index contributed by atoms with van der Waals surface area (Å²) in [6.07, 6.45) is 2.63. The molecular weight excluding hydrogens is 1010 g/mol. The number of carbonyl (C=O) groups is 10. The van der Waals surface area contributed by atoms with E-state index in [-0.39, 0.29) is 62.9 Å². The second-order valence-electron chi connectivity index (χ2n) is 19.5. The summed E-state index contributed by atoms with van der Waals surface area (Å²) in [6.45, 7) is 6.61. The summed E-state index contributed by atoms with van der Waals surface area (Å²) in [4.78, 5) is 141. The minimum atomic E-state index is -1.75. The van der Waals surface area contributed by atoms with E-state index in [9.17, 15) is 57.4 Å². The Kier molecular flexibility index (Phi) is 21.2. The lowest BCUT2D eigenvalue weighted by Gasteiger charge is -2.41. The highest BCUT2D eigenvalue weighted by Gasteiger charge is 2.39. The molecule has 1 aliphatic heterocycles. The molecule has 0 saturated carbocycles. The Morgan fingerprint density at radius 2 is 1.44 bits per heavy atom. The number of primary amides is 1. The number of nitrogens with zero attached hydrogens (tertiary/aromatic N) is 4. The number of hydrogen-bond acceptors (Lipinski definition) is 13. The molecule has 9 amide bonds. The number of hydroxylamine groups is 2. The third-order valence-electron chi connectivity index (χ3n) is 12.3. The summed E-state index contributed by atoms with van der Waals surface area (Å²) in [6, 6.07) is 10.2. The van der Waals surface area contributed by atoms with Crippen LogP contribution in [-0.4, -0.2) is 128 Å². The largest absolute Gasteiger partial charge is 0.387 e. The monoisotopic (exact) mass is 1070 g/mol. The number of aliphatic hydroxyl groups excluding tert-OH is 1. The van der Waals surface area contributed by atoms with Gasteiger partial charge in [0.2, 0.25) is 41.4 Å². The predicted molar refractivity (Wildman–Crippen MR) is 271 cm³/mol. The van der Waals surface area contributed by atoms with Gasteiger partial charge in [-0.2, -0.15) is 0 Å². The molecule has 5 rings (SSSR count). The average Bonchev–Trinajstić information content (AvgIpc) is 3.93. The molecule has 0 spiro atoms. The van der Waals surface area contributed by atoms with Crippen molar-refractivity contribution in [2.75, 3.05) is 19.7 Å². The Hall–Kier alpha value is -8.41. The minimum Gasteiger partial charge on any atom is -0.387 e. The molecule has 8 N–H and O–H groups in total. The van der Waals surface area contributed by atoms with Gasteiger partial charge in [0.1, 0.15) is 42.4 Å². The SMILES string of the molecule is C[C@H](NC(=O)Cc1ccncc1)C(=O)N[C@@H](C)C(=O)N[C@@H](CC(N)=O)C(=O)N[C@@H](CCN(C(=O)CO)[C@@H](c1cc(-c2cc(F)ccc2F)cn1Cc1ccccc1)C(C)(C)C)C(=O)NCCCC(=O)ON1C(=O)CCC1=O. The zero-order valence-electron chi connectivity index (χ0n) is 43.3. The van der Waals surface area contributed by atoms with Crippen molar-refractivity contribution >= 4 is 59.1 Å². The number of rotatable bonds is 26. The van der Waals surface area contributed by atoms with Crippen molar-refractivity contribution in [3.8, 4) is 11.1 Å². The first-order valence-electron chi connectivity index (χ1n) is 24.8. The smallest absolute Gasteiger partial charge is 0.333 e. The number of halogens is 2. The molecule has 4 aromatic rings. The number of carbonyl (C=O) groups excluding carboxylic acids is 10. The van der Waals surface area contributed by atoms with Crippen molar-refractivity contribution in [2.45, 2.75) is 116 Å². The molecule has 0 aliphatic carbocycles. The number of imide groups is 1. The third-order valence-corrected chi connectivity index (χ3v) is 12.3. The van der Waals surface area contributed by atoms with Crippen LogP contribution in [-0.2, 0) is 65.7 Å². The molecule has 0 radical (unpaired) electrons. The molecule has 0 bridgehead atoms. The van der Waals surface area contributed by atoms with Crippen molar-refractivity contribution in [2.24, 2.45) is 11.1 Å². The number of benzene rings is 2. The van der Waals surface area contributed by atoms with Crippen LogP contribution in [0.2, 0.25) is 0 Å². The molecule has 0 unspecified atom stereocenters. The predicted octanol–water partition coefficient (Wildman–Crippen LogP) is 1.78. The molecule has 1 fully saturated rings. The van der Waals surface area contributed by atoms with E-state index in [4.69, 9.17) is 10.6 Å². The Bertz CT molecular complexity index is 2790. The highest BCUT2D eigenvalue weighted by atomic mass is 19.1. The van der Waals surface area contributed by atoms with Gasteiger partial charge in [-0.1, -0.05) is 51.1 Å². The molecule has 3 heterocycles. The van der Waals surface area contributed by atoms with E-state index in [1.54, 1.807) is 49.7 Å². The summed E-state index contributed by atoms with van der Waals surface area (Å²) in [5.74, 6) is -9.87. The van der Waals surface area contributed by atoms with Gasteiger partial charge in [0.25, 0.3) is 11.8 Å². The highest BCUT2D eigenvalue weighted by Crippen LogP contribution is 2.41. The molecular formula is C53H64F2N10O12. The zero-order valence-corrected chi connectivity index (χ0v) is 43.3. The second-order valence-corrected chi connectivity index (χ2v) is 19.5. The fourth-order valence-electron chi connectivity index (χ4n) is 8.44. The number of pyridine rings is 1. The van der Waals surface area contributed by atoms with E-state index in [1.807, 2.05) is 30.3 Å². The van der Waals surface area contributed by atoms with E-state index in [2.05, 4.69) is 31.6 Å². The van der Waals surface area contributed by atoms with Gasteiger partial charge in [-0.3, -0.25) is 48.1 Å². The van der Waals surface area contributed by atoms with E-state index in [0.717, 1.165) is 23.8 Å². The van der Waals surface area contributed by atoms with Crippen LogP contribution >= 0.6 is 0 Å². The zero-order chi connectivity index (χ0) is 56.6. The van der Waals surface area contributed by atoms with E-state index in [1.165, 1.54) is 31.1 Å². The Morgan fingerprint density at radius 3 is 2.08 bits per heavy atom. The summed E-state index contributed by atoms with van der Waals surface area (Å²) in [7, 11) is 0. The molecule has 1 saturated heterocycles. The Balaban J connectivity index is 1.41. The van der Waals surface area contributed by atoms with Crippen molar-refractivity contribution in [3.05, 3.63) is 114 Å². The van der Waals surface area contributed by atoms with Gasteiger partial charge in [-0.05, 0) is 79.6 Å². The van der Waals surface area contributed by atoms with Crippen molar-refractivity contribution in [3.63, 3.8) is 0 Å². The van der Waals surface area contributed by atoms with E-state index in [0.29, 0.717) is 16.3 Å². The topological polar surface area (TPSA) is 311 Å². The van der Waals surface area contributed by atoms with Crippen LogP contribution in [0.1, 0.15) is 96.0 Å². The van der Waals surface area contributed by atoms with Gasteiger partial charge in [-0.15, -0.1) is 5.06 Å². The fourth-order valence-corrected chi connectivity index (χ4v) is 8.44. The first kappa shape index (κ1) is 59.5. The van der Waals surface area contributed by atoms with Crippen LogP contribution in [0, 0.1) is 17.0 Å². The maximum absolute atomic E-state index is 15.4. The normalized spacial score (nSPS) is 14.3. The van der Waals surface area contributed by atoms with E-state index >= 15 is 4.39 Å². The van der Waals surface area contributed by atoms with Crippen molar-refractivity contribution < 1.29 is 66.7 Å². The van der Waals surface area contributed by atoms with Gasteiger partial charge < -0.3 is 51.7 Å². The molecule has 22 nitrogen and oxygen atoms in total. The number of nitrogens with two attached hydrogens (primary N) is 1. The average molecular weight is 1070 g/mol. The van der Waals surface area contributed by atoms with Crippen LogP contribution in [0.15, 0.2) is 85.3 Å². The summed E-state index contributed by atoms with van der Waals surface area (Å²) < 4.78 is 31.8. The van der Waals surface area contributed by atoms with Gasteiger partial charge in [-0.25, -0.2) is 13.6 Å². The third kappa shape index (κ3) is 17.3. The van der Waals surface area contributed by atoms with Crippen LogP contribution in [0.25, 0.3) is 11.1 Å². The summed E-state index contributed by atoms with van der Waals surface area (Å²) in [5.41, 5.74) is 6.66. The van der Waals surface area contributed by atoms with Crippen LogP contribution in [0.4, 0.5) is 8.78 Å². The first-order chi connectivity index (χ1) is 36.4. The van der Waals surface area contributed by atoms with Gasteiger partial charge >= 0.3 is 5.97 Å². The standard InChI is InChI=1S/C53H64F2N10O12/c1-31(59-43(68)24-33-17-21-57-22-18-33)49(73)60-32(2)50(74)62-40(27-42(56)67)52(76)61-39(51(75)58-20-9-12-47(72)77-65-44(69)15-16-45(65)70)19-23-64(46(71)30-66)48(53(3,4)5)41-25-35(37-26-36(54)13-14-38(37)55)29-63(41)28-34-10-7-6-8-11-34/h6-8,10-11,13-14,17-18,21-22,25-26,29,31-32,39-40,48,66H,9,12,15-16,19-20,23-24,27-28,30H2,1-5H3,(H2,56,67)(H,58,75)(H,59,68)(H,60,73)(H,61,76)(H,62,74)/t31-,32-,39-,40-,48-/m0/s1. The number of nitrogens with one attached hydrogen (secondary N) is 5. The number of hydrogen-bond donors (Lipinski definition) is 7. The summed E-state index contributed by atoms with van der Waals surface area (Å²) in [5, 5.41) is 23.3.